The maximum atomic E-state index is 10.8. The largest absolute Gasteiger partial charge is 0.478 e. The summed E-state index contributed by atoms with van der Waals surface area (Å²) >= 11 is 0. The second-order valence-electron chi connectivity index (χ2n) is 2.85. The number of aromatic carboxylic acids is 1. The first-order chi connectivity index (χ1) is 6.65. The topological polar surface area (TPSA) is 89.3 Å². The van der Waals surface area contributed by atoms with Gasteiger partial charge in [-0.15, -0.1) is 0 Å². The smallest absolute Gasteiger partial charge is 0.335 e. The van der Waals surface area contributed by atoms with E-state index < -0.39 is 5.97 Å². The fraction of sp³-hybridized carbons (Fsp3) is 0.100. The van der Waals surface area contributed by atoms with Crippen LogP contribution < -0.4 is 11.5 Å². The van der Waals surface area contributed by atoms with Crippen LogP contribution in [-0.4, -0.2) is 11.1 Å². The van der Waals surface area contributed by atoms with E-state index in [9.17, 15) is 4.79 Å². The zero-order valence-corrected chi connectivity index (χ0v) is 7.60. The Hall–Kier alpha value is -1.97. The summed E-state index contributed by atoms with van der Waals surface area (Å²) in [6.45, 7) is 0. The standard InChI is InChI=1S/C10H12N2O2/c11-5-1-2-7-6-8(12)3-4-9(7)10(13)14/h1,3-6H,2,11-12H2,(H,13,14). The van der Waals surface area contributed by atoms with E-state index in [1.54, 1.807) is 18.2 Å². The Balaban J connectivity index is 3.09. The van der Waals surface area contributed by atoms with E-state index in [4.69, 9.17) is 16.6 Å². The Morgan fingerprint density at radius 1 is 1.50 bits per heavy atom. The minimum absolute atomic E-state index is 0.261. The number of anilines is 1. The van der Waals surface area contributed by atoms with Gasteiger partial charge in [-0.3, -0.25) is 0 Å². The number of nitrogen functional groups attached to an aromatic ring is 1. The molecule has 0 unspecified atom stereocenters. The summed E-state index contributed by atoms with van der Waals surface area (Å²) in [6, 6.07) is 4.71. The van der Waals surface area contributed by atoms with Crippen LogP contribution in [0, 0.1) is 0 Å². The number of carbonyl (C=O) groups is 1. The van der Waals surface area contributed by atoms with Crippen molar-refractivity contribution >= 4 is 11.7 Å². The van der Waals surface area contributed by atoms with Gasteiger partial charge in [0.1, 0.15) is 0 Å². The molecule has 0 radical (unpaired) electrons. The van der Waals surface area contributed by atoms with Gasteiger partial charge in [-0.05, 0) is 36.4 Å². The zero-order valence-electron chi connectivity index (χ0n) is 7.60. The van der Waals surface area contributed by atoms with E-state index in [1.165, 1.54) is 12.3 Å². The molecule has 0 saturated carbocycles. The van der Waals surface area contributed by atoms with Gasteiger partial charge in [-0.2, -0.15) is 0 Å². The van der Waals surface area contributed by atoms with Crippen molar-refractivity contribution in [2.45, 2.75) is 6.42 Å². The number of carboxylic acids is 1. The van der Waals surface area contributed by atoms with Gasteiger partial charge in [0, 0.05) is 5.69 Å². The van der Waals surface area contributed by atoms with Crippen molar-refractivity contribution in [3.05, 3.63) is 41.6 Å². The lowest BCUT2D eigenvalue weighted by molar-refractivity contribution is 0.0696. The lowest BCUT2D eigenvalue weighted by atomic mass is 10.0. The number of benzene rings is 1. The molecule has 0 bridgehead atoms. The molecule has 0 amide bonds. The number of hydrogen-bond donors (Lipinski definition) is 3. The monoisotopic (exact) mass is 192 g/mol. The number of nitrogens with two attached hydrogens (primary N) is 2. The highest BCUT2D eigenvalue weighted by molar-refractivity contribution is 5.90. The first kappa shape index (κ1) is 10.1. The third kappa shape index (κ3) is 2.26. The van der Waals surface area contributed by atoms with Gasteiger partial charge < -0.3 is 16.6 Å². The van der Waals surface area contributed by atoms with Crippen LogP contribution in [-0.2, 0) is 6.42 Å². The second kappa shape index (κ2) is 4.32. The fourth-order valence-electron chi connectivity index (χ4n) is 1.19. The molecule has 0 spiro atoms. The molecule has 5 N–H and O–H groups in total. The van der Waals surface area contributed by atoms with E-state index >= 15 is 0 Å². The molecule has 14 heavy (non-hydrogen) atoms. The summed E-state index contributed by atoms with van der Waals surface area (Å²) < 4.78 is 0. The van der Waals surface area contributed by atoms with Crippen molar-refractivity contribution in [1.82, 2.24) is 0 Å². The third-order valence-corrected chi connectivity index (χ3v) is 1.83. The lowest BCUT2D eigenvalue weighted by Gasteiger charge is -2.04. The average Bonchev–Trinajstić information content (AvgIpc) is 2.14. The second-order valence-corrected chi connectivity index (χ2v) is 2.85. The molecule has 74 valence electrons. The summed E-state index contributed by atoms with van der Waals surface area (Å²) in [5.74, 6) is -0.953. The third-order valence-electron chi connectivity index (χ3n) is 1.83. The molecule has 0 fully saturated rings. The number of hydrogen-bond acceptors (Lipinski definition) is 3. The molecular formula is C10H12N2O2. The minimum Gasteiger partial charge on any atom is -0.478 e. The molecule has 0 atom stereocenters. The van der Waals surface area contributed by atoms with Crippen LogP contribution in [0.15, 0.2) is 30.5 Å². The summed E-state index contributed by atoms with van der Waals surface area (Å²) in [4.78, 5) is 10.8. The molecule has 1 aromatic carbocycles. The molecule has 0 aliphatic heterocycles. The molecule has 0 aromatic heterocycles. The molecule has 4 heteroatoms. The first-order valence-electron chi connectivity index (χ1n) is 4.13. The van der Waals surface area contributed by atoms with Gasteiger partial charge in [0.2, 0.25) is 0 Å². The van der Waals surface area contributed by atoms with Crippen molar-refractivity contribution in [3.8, 4) is 0 Å². The van der Waals surface area contributed by atoms with Crippen molar-refractivity contribution in [3.63, 3.8) is 0 Å². The number of allylic oxidation sites excluding steroid dienone is 1. The maximum absolute atomic E-state index is 10.8. The van der Waals surface area contributed by atoms with Gasteiger partial charge in [0.25, 0.3) is 0 Å². The van der Waals surface area contributed by atoms with Gasteiger partial charge in [-0.25, -0.2) is 4.79 Å². The van der Waals surface area contributed by atoms with Crippen molar-refractivity contribution in [2.75, 3.05) is 5.73 Å². The van der Waals surface area contributed by atoms with Gasteiger partial charge in [0.05, 0.1) is 5.56 Å². The van der Waals surface area contributed by atoms with Gasteiger partial charge in [-0.1, -0.05) is 6.08 Å². The predicted octanol–water partition coefficient (Wildman–Crippen LogP) is 0.982. The Bertz CT molecular complexity index is 372. The predicted molar refractivity (Wildman–Crippen MR) is 54.8 cm³/mol. The van der Waals surface area contributed by atoms with Crippen LogP contribution in [0.5, 0.6) is 0 Å². The van der Waals surface area contributed by atoms with E-state index in [0.717, 1.165) is 0 Å². The van der Waals surface area contributed by atoms with Crippen LogP contribution in [0.2, 0.25) is 0 Å². The molecule has 0 aliphatic rings. The van der Waals surface area contributed by atoms with Crippen molar-refractivity contribution in [2.24, 2.45) is 5.73 Å². The van der Waals surface area contributed by atoms with Crippen LogP contribution in [0.25, 0.3) is 0 Å². The van der Waals surface area contributed by atoms with E-state index in [0.29, 0.717) is 17.7 Å². The Morgan fingerprint density at radius 3 is 2.79 bits per heavy atom. The summed E-state index contributed by atoms with van der Waals surface area (Å²) in [7, 11) is 0. The molecular weight excluding hydrogens is 180 g/mol. The number of carboxylic acid groups (broad SMARTS) is 1. The maximum Gasteiger partial charge on any atom is 0.335 e. The molecule has 0 heterocycles. The Morgan fingerprint density at radius 2 is 2.21 bits per heavy atom. The highest BCUT2D eigenvalue weighted by Crippen LogP contribution is 2.14. The first-order valence-corrected chi connectivity index (χ1v) is 4.13. The van der Waals surface area contributed by atoms with Crippen molar-refractivity contribution in [1.29, 1.82) is 0 Å². The van der Waals surface area contributed by atoms with E-state index in [1.807, 2.05) is 0 Å². The quantitative estimate of drug-likeness (QED) is 0.623. The molecule has 4 nitrogen and oxygen atoms in total. The van der Waals surface area contributed by atoms with Crippen LogP contribution in [0.1, 0.15) is 15.9 Å². The zero-order chi connectivity index (χ0) is 10.6. The Kier molecular flexibility index (Phi) is 3.12. The summed E-state index contributed by atoms with van der Waals surface area (Å²) in [6.07, 6.45) is 3.54. The van der Waals surface area contributed by atoms with Crippen LogP contribution >= 0.6 is 0 Å². The average molecular weight is 192 g/mol. The highest BCUT2D eigenvalue weighted by Gasteiger charge is 2.08. The SMILES string of the molecule is NC=CCc1cc(N)ccc1C(=O)O. The van der Waals surface area contributed by atoms with Gasteiger partial charge in [0.15, 0.2) is 0 Å². The normalized spacial score (nSPS) is 10.6. The molecule has 0 saturated heterocycles. The molecule has 0 aliphatic carbocycles. The number of rotatable bonds is 3. The molecule has 1 rings (SSSR count). The Labute approximate surface area is 81.8 Å². The van der Waals surface area contributed by atoms with E-state index in [2.05, 4.69) is 0 Å². The lowest BCUT2D eigenvalue weighted by Crippen LogP contribution is -2.03. The van der Waals surface area contributed by atoms with Crippen LogP contribution in [0.3, 0.4) is 0 Å². The van der Waals surface area contributed by atoms with Crippen molar-refractivity contribution < 1.29 is 9.90 Å². The highest BCUT2D eigenvalue weighted by atomic mass is 16.4. The van der Waals surface area contributed by atoms with Gasteiger partial charge >= 0.3 is 5.97 Å². The van der Waals surface area contributed by atoms with Crippen LogP contribution in [0.4, 0.5) is 5.69 Å². The minimum atomic E-state index is -0.953. The van der Waals surface area contributed by atoms with E-state index in [-0.39, 0.29) is 5.56 Å². The molecule has 1 aromatic rings. The summed E-state index contributed by atoms with van der Waals surface area (Å²) in [5.41, 5.74) is 12.2. The summed E-state index contributed by atoms with van der Waals surface area (Å²) in [5, 5.41) is 8.86. The fourth-order valence-corrected chi connectivity index (χ4v) is 1.19.